The number of nitrogens with zero attached hydrogens (tertiary/aromatic N) is 5. The van der Waals surface area contributed by atoms with Crippen LogP contribution in [-0.4, -0.2) is 25.8 Å². The summed E-state index contributed by atoms with van der Waals surface area (Å²) in [4.78, 5) is 32.5. The van der Waals surface area contributed by atoms with Gasteiger partial charge in [0, 0.05) is 22.0 Å². The Bertz CT molecular complexity index is 2020. The molecule has 0 aliphatic heterocycles. The van der Waals surface area contributed by atoms with Crippen LogP contribution in [0.2, 0.25) is 0 Å². The molecular weight excluding hydrogens is 693 g/mol. The van der Waals surface area contributed by atoms with Crippen LogP contribution in [0.3, 0.4) is 0 Å². The smallest absolute Gasteiger partial charge is 0.287 e. The molecule has 0 saturated carbocycles. The van der Waals surface area contributed by atoms with Gasteiger partial charge >= 0.3 is 0 Å². The molecule has 3 aromatic heterocycles. The van der Waals surface area contributed by atoms with Crippen LogP contribution in [0.25, 0.3) is 33.5 Å². The Hall–Kier alpha value is -4.43. The molecule has 10 nitrogen and oxygen atoms in total. The van der Waals surface area contributed by atoms with Gasteiger partial charge in [-0.1, -0.05) is 28.1 Å². The van der Waals surface area contributed by atoms with Gasteiger partial charge in [0.15, 0.2) is 5.76 Å². The summed E-state index contributed by atoms with van der Waals surface area (Å²) in [5.41, 5.74) is 1.43. The van der Waals surface area contributed by atoms with Crippen LogP contribution in [0.15, 0.2) is 104 Å². The largest absolute Gasteiger partial charge is 0.453 e. The first-order valence-electron chi connectivity index (χ1n) is 11.7. The Morgan fingerprint density at radius 1 is 1.07 bits per heavy atom. The van der Waals surface area contributed by atoms with Gasteiger partial charge in [0.1, 0.15) is 17.5 Å². The van der Waals surface area contributed by atoms with E-state index < -0.39 is 4.92 Å². The summed E-state index contributed by atoms with van der Waals surface area (Å²) in [6, 6.07) is 22.6. The fourth-order valence-corrected chi connectivity index (χ4v) is 5.00. The lowest BCUT2D eigenvalue weighted by Gasteiger charge is -2.08. The van der Waals surface area contributed by atoms with E-state index >= 15 is 0 Å². The first kappa shape index (κ1) is 25.8. The zero-order valence-corrected chi connectivity index (χ0v) is 23.9. The van der Waals surface area contributed by atoms with Crippen LogP contribution in [0.1, 0.15) is 5.56 Å². The van der Waals surface area contributed by atoms with Crippen LogP contribution in [0.5, 0.6) is 11.6 Å². The molecule has 3 heterocycles. The van der Waals surface area contributed by atoms with Crippen LogP contribution >= 0.6 is 38.5 Å². The number of benzene rings is 3. The van der Waals surface area contributed by atoms with Crippen LogP contribution in [-0.2, 0) is 0 Å². The number of para-hydroxylation sites is 1. The fraction of sp³-hybridized carbons (Fsp3) is 0. The summed E-state index contributed by atoms with van der Waals surface area (Å²) in [6.07, 6.45) is 2.69. The lowest BCUT2D eigenvalue weighted by atomic mass is 10.2. The van der Waals surface area contributed by atoms with Crippen molar-refractivity contribution in [1.82, 2.24) is 14.6 Å². The third-order valence-corrected chi connectivity index (χ3v) is 7.21. The van der Waals surface area contributed by atoms with E-state index in [1.54, 1.807) is 36.5 Å². The molecule has 0 atom stereocenters. The van der Waals surface area contributed by atoms with Crippen molar-refractivity contribution < 1.29 is 14.1 Å². The van der Waals surface area contributed by atoms with E-state index in [1.807, 2.05) is 36.4 Å². The fourth-order valence-electron chi connectivity index (χ4n) is 3.97. The van der Waals surface area contributed by atoms with Crippen LogP contribution < -0.4 is 10.3 Å². The van der Waals surface area contributed by atoms with Crippen LogP contribution in [0, 0.1) is 13.7 Å². The van der Waals surface area contributed by atoms with E-state index in [4.69, 9.17) is 14.1 Å². The van der Waals surface area contributed by atoms with Crippen molar-refractivity contribution >= 4 is 72.3 Å². The van der Waals surface area contributed by atoms with Crippen molar-refractivity contribution in [2.75, 3.05) is 0 Å². The monoisotopic (exact) mass is 707 g/mol. The highest BCUT2D eigenvalue weighted by Gasteiger charge is 2.17. The Morgan fingerprint density at radius 3 is 2.70 bits per heavy atom. The number of halogens is 2. The van der Waals surface area contributed by atoms with Crippen molar-refractivity contribution in [1.29, 1.82) is 0 Å². The summed E-state index contributed by atoms with van der Waals surface area (Å²) in [5.74, 6) is 1.41. The highest BCUT2D eigenvalue weighted by atomic mass is 127. The average molecular weight is 708 g/mol. The molecule has 3 aromatic carbocycles. The topological polar surface area (TPSA) is 126 Å². The van der Waals surface area contributed by atoms with Gasteiger partial charge in [-0.2, -0.15) is 9.78 Å². The molecule has 0 unspecified atom stereocenters. The third-order valence-electron chi connectivity index (χ3n) is 5.88. The van der Waals surface area contributed by atoms with Gasteiger partial charge in [-0.15, -0.1) is 0 Å². The number of fused-ring (bicyclic) bond motifs is 2. The molecule has 0 fully saturated rings. The number of furan rings is 1. The number of nitro groups is 1. The lowest BCUT2D eigenvalue weighted by molar-refractivity contribution is -0.385. The summed E-state index contributed by atoms with van der Waals surface area (Å²) in [5, 5.41) is 16.6. The van der Waals surface area contributed by atoms with E-state index in [2.05, 4.69) is 48.6 Å². The molecule has 6 rings (SSSR count). The maximum Gasteiger partial charge on any atom is 0.287 e. The van der Waals surface area contributed by atoms with E-state index in [-0.39, 0.29) is 23.0 Å². The minimum Gasteiger partial charge on any atom is -0.453 e. The van der Waals surface area contributed by atoms with Gasteiger partial charge in [-0.05, 0) is 82.8 Å². The first-order chi connectivity index (χ1) is 19.4. The molecule has 0 aliphatic carbocycles. The zero-order valence-electron chi connectivity index (χ0n) is 20.2. The molecule has 12 heteroatoms. The van der Waals surface area contributed by atoms with Gasteiger partial charge < -0.3 is 9.15 Å². The minimum atomic E-state index is -0.524. The Balaban J connectivity index is 1.36. The quantitative estimate of drug-likeness (QED) is 0.0779. The minimum absolute atomic E-state index is 0.123. The summed E-state index contributed by atoms with van der Waals surface area (Å²) < 4.78 is 14.7. The SMILES string of the molecule is O=c1c2ccccc2nc(-c2cc3cc(Br)ccc3o2)n1N=Cc1ccc(Oc2ccc([N+](=O)[O-])cn2)c(I)c1. The molecular formula is C28H15BrIN5O5. The predicted octanol–water partition coefficient (Wildman–Crippen LogP) is 7.15. The summed E-state index contributed by atoms with van der Waals surface area (Å²) in [7, 11) is 0. The van der Waals surface area contributed by atoms with Crippen molar-refractivity contribution in [2.45, 2.75) is 0 Å². The highest BCUT2D eigenvalue weighted by molar-refractivity contribution is 14.1. The second-order valence-corrected chi connectivity index (χ2v) is 10.6. The summed E-state index contributed by atoms with van der Waals surface area (Å²) >= 11 is 5.58. The lowest BCUT2D eigenvalue weighted by Crippen LogP contribution is -2.20. The Morgan fingerprint density at radius 2 is 1.93 bits per heavy atom. The van der Waals surface area contributed by atoms with Crippen molar-refractivity contribution in [3.05, 3.63) is 119 Å². The van der Waals surface area contributed by atoms with E-state index in [1.165, 1.54) is 16.8 Å². The van der Waals surface area contributed by atoms with Gasteiger partial charge in [0.05, 0.1) is 25.6 Å². The highest BCUT2D eigenvalue weighted by Crippen LogP contribution is 2.30. The number of hydrogen-bond donors (Lipinski definition) is 0. The molecule has 40 heavy (non-hydrogen) atoms. The maximum atomic E-state index is 13.5. The number of pyridine rings is 1. The number of hydrogen-bond acceptors (Lipinski definition) is 8. The van der Waals surface area contributed by atoms with Gasteiger partial charge in [-0.3, -0.25) is 14.9 Å². The molecule has 0 saturated heterocycles. The second-order valence-electron chi connectivity index (χ2n) is 8.51. The van der Waals surface area contributed by atoms with Gasteiger partial charge in [0.25, 0.3) is 11.2 Å². The molecule has 0 amide bonds. The first-order valence-corrected chi connectivity index (χ1v) is 13.6. The van der Waals surface area contributed by atoms with Gasteiger partial charge in [-0.25, -0.2) is 9.97 Å². The number of aromatic nitrogens is 3. The van der Waals surface area contributed by atoms with Crippen molar-refractivity contribution in [3.63, 3.8) is 0 Å². The Labute approximate surface area is 247 Å². The van der Waals surface area contributed by atoms with Crippen molar-refractivity contribution in [3.8, 4) is 23.2 Å². The standard InChI is InChI=1S/C28H15BrIN5O5/c29-18-6-9-23-17(12-18)13-25(39-23)27-33-22-4-2-1-3-20(22)28(36)34(27)32-14-16-5-8-24(21(30)11-16)40-26-10-7-19(15-31-26)35(37)38/h1-15H. The normalized spacial score (nSPS) is 11.4. The number of rotatable bonds is 6. The third kappa shape index (κ3) is 5.10. The zero-order chi connectivity index (χ0) is 27.8. The molecule has 0 spiro atoms. The van der Waals surface area contributed by atoms with E-state index in [9.17, 15) is 14.9 Å². The molecule has 0 aliphatic rings. The van der Waals surface area contributed by atoms with Crippen molar-refractivity contribution in [2.24, 2.45) is 5.10 Å². The molecule has 6 aromatic rings. The second kappa shape index (κ2) is 10.6. The molecule has 196 valence electrons. The summed E-state index contributed by atoms with van der Waals surface area (Å²) in [6.45, 7) is 0. The van der Waals surface area contributed by atoms with E-state index in [0.717, 1.165) is 19.6 Å². The molecule has 0 N–H and O–H groups in total. The number of ether oxygens (including phenoxy) is 1. The van der Waals surface area contributed by atoms with E-state index in [0.29, 0.717) is 33.6 Å². The Kier molecular flexibility index (Phi) is 6.86. The molecule has 0 radical (unpaired) electrons. The molecule has 0 bridgehead atoms. The predicted molar refractivity (Wildman–Crippen MR) is 162 cm³/mol. The van der Waals surface area contributed by atoms with Gasteiger partial charge in [0.2, 0.25) is 11.7 Å². The van der Waals surface area contributed by atoms with Crippen LogP contribution in [0.4, 0.5) is 5.69 Å². The average Bonchev–Trinajstić information content (AvgIpc) is 3.37. The maximum absolute atomic E-state index is 13.5.